The molecule has 0 amide bonds. The summed E-state index contributed by atoms with van der Waals surface area (Å²) in [5.74, 6) is 0.722. The van der Waals surface area contributed by atoms with Crippen molar-refractivity contribution in [1.29, 1.82) is 0 Å². The average molecular weight is 265 g/mol. The van der Waals surface area contributed by atoms with E-state index in [1.165, 1.54) is 12.8 Å². The van der Waals surface area contributed by atoms with Gasteiger partial charge in [0, 0.05) is 24.7 Å². The van der Waals surface area contributed by atoms with Crippen LogP contribution < -0.4 is 10.2 Å². The van der Waals surface area contributed by atoms with Gasteiger partial charge in [0.25, 0.3) is 6.01 Å². The van der Waals surface area contributed by atoms with E-state index < -0.39 is 0 Å². The van der Waals surface area contributed by atoms with Gasteiger partial charge in [-0.1, -0.05) is 6.92 Å². The Hall–Kier alpha value is -1.03. The third kappa shape index (κ3) is 3.96. The van der Waals surface area contributed by atoms with Crippen molar-refractivity contribution in [3.05, 3.63) is 12.0 Å². The first-order chi connectivity index (χ1) is 8.85. The lowest BCUT2D eigenvalue weighted by Gasteiger charge is -2.35. The number of anilines is 1. The Labute approximate surface area is 116 Å². The minimum atomic E-state index is 0.103. The Balaban J connectivity index is 1.99. The smallest absolute Gasteiger partial charge is 0.297 e. The number of nitrogens with one attached hydrogen (secondary N) is 1. The highest BCUT2D eigenvalue weighted by Gasteiger charge is 2.26. The number of hydrogen-bond donors (Lipinski definition) is 1. The van der Waals surface area contributed by atoms with Crippen LogP contribution in [0.25, 0.3) is 0 Å². The Morgan fingerprint density at radius 2 is 2.11 bits per heavy atom. The van der Waals surface area contributed by atoms with Gasteiger partial charge < -0.3 is 14.6 Å². The Bertz CT molecular complexity index is 408. The maximum Gasteiger partial charge on any atom is 0.297 e. The molecule has 0 aliphatic carbocycles. The molecule has 1 aliphatic rings. The summed E-state index contributed by atoms with van der Waals surface area (Å²) in [5, 5.41) is 3.43. The zero-order valence-electron chi connectivity index (χ0n) is 12.9. The summed E-state index contributed by atoms with van der Waals surface area (Å²) in [6.45, 7) is 12.8. The second-order valence-electron chi connectivity index (χ2n) is 6.91. The topological polar surface area (TPSA) is 41.3 Å². The number of oxazole rings is 1. The Morgan fingerprint density at radius 3 is 2.79 bits per heavy atom. The number of rotatable bonds is 3. The monoisotopic (exact) mass is 265 g/mol. The molecule has 0 aromatic carbocycles. The minimum Gasteiger partial charge on any atom is -0.432 e. The van der Waals surface area contributed by atoms with Gasteiger partial charge in [0.2, 0.25) is 0 Å². The van der Waals surface area contributed by atoms with Crippen LogP contribution in [0.4, 0.5) is 6.01 Å². The van der Waals surface area contributed by atoms with Gasteiger partial charge in [0.15, 0.2) is 0 Å². The summed E-state index contributed by atoms with van der Waals surface area (Å²) in [6, 6.07) is 1.31. The summed E-state index contributed by atoms with van der Waals surface area (Å²) in [7, 11) is 0. The lowest BCUT2D eigenvalue weighted by Crippen LogP contribution is -2.41. The molecule has 1 aromatic heterocycles. The maximum atomic E-state index is 5.66. The van der Waals surface area contributed by atoms with E-state index in [-0.39, 0.29) is 5.54 Å². The second-order valence-corrected chi connectivity index (χ2v) is 6.91. The Kier molecular flexibility index (Phi) is 4.19. The molecule has 0 radical (unpaired) electrons. The molecule has 2 heterocycles. The molecule has 2 atom stereocenters. The van der Waals surface area contributed by atoms with E-state index in [1.54, 1.807) is 6.26 Å². The van der Waals surface area contributed by atoms with Crippen molar-refractivity contribution >= 4 is 6.01 Å². The van der Waals surface area contributed by atoms with Gasteiger partial charge in [0.05, 0.1) is 5.69 Å². The molecular formula is C15H27N3O. The molecule has 19 heavy (non-hydrogen) atoms. The molecule has 0 bridgehead atoms. The van der Waals surface area contributed by atoms with Crippen LogP contribution in [0.1, 0.15) is 53.2 Å². The first kappa shape index (κ1) is 14.4. The third-order valence-corrected chi connectivity index (χ3v) is 3.70. The van der Waals surface area contributed by atoms with Gasteiger partial charge in [-0.3, -0.25) is 0 Å². The fourth-order valence-electron chi connectivity index (χ4n) is 2.42. The largest absolute Gasteiger partial charge is 0.432 e. The van der Waals surface area contributed by atoms with E-state index in [2.05, 4.69) is 49.8 Å². The average Bonchev–Trinajstić information content (AvgIpc) is 2.77. The van der Waals surface area contributed by atoms with Crippen molar-refractivity contribution in [3.63, 3.8) is 0 Å². The molecule has 2 rings (SSSR count). The summed E-state index contributed by atoms with van der Waals surface area (Å²) < 4.78 is 5.66. The predicted octanol–water partition coefficient (Wildman–Crippen LogP) is 3.19. The number of nitrogens with zero attached hydrogens (tertiary/aromatic N) is 2. The maximum absolute atomic E-state index is 5.66. The molecule has 0 saturated carbocycles. The molecule has 1 fully saturated rings. The van der Waals surface area contributed by atoms with Crippen molar-refractivity contribution in [3.8, 4) is 0 Å². The van der Waals surface area contributed by atoms with E-state index in [4.69, 9.17) is 4.42 Å². The molecule has 1 N–H and O–H groups in total. The van der Waals surface area contributed by atoms with E-state index in [0.717, 1.165) is 30.7 Å². The van der Waals surface area contributed by atoms with Crippen molar-refractivity contribution in [2.75, 3.05) is 11.4 Å². The molecule has 2 unspecified atom stereocenters. The van der Waals surface area contributed by atoms with Crippen LogP contribution in [0.3, 0.4) is 0 Å². The van der Waals surface area contributed by atoms with Gasteiger partial charge in [-0.05, 0) is 46.5 Å². The third-order valence-electron chi connectivity index (χ3n) is 3.70. The summed E-state index contributed by atoms with van der Waals surface area (Å²) in [4.78, 5) is 6.92. The quantitative estimate of drug-likeness (QED) is 0.911. The second kappa shape index (κ2) is 5.53. The fraction of sp³-hybridized carbons (Fsp3) is 0.800. The minimum absolute atomic E-state index is 0.103. The van der Waals surface area contributed by atoms with Crippen LogP contribution >= 0.6 is 0 Å². The van der Waals surface area contributed by atoms with Crippen molar-refractivity contribution in [2.45, 2.75) is 65.6 Å². The van der Waals surface area contributed by atoms with Crippen LogP contribution in [0.15, 0.2) is 10.7 Å². The van der Waals surface area contributed by atoms with E-state index in [9.17, 15) is 0 Å². The van der Waals surface area contributed by atoms with Crippen LogP contribution in [-0.4, -0.2) is 23.1 Å². The predicted molar refractivity (Wildman–Crippen MR) is 78.3 cm³/mol. The molecule has 4 heteroatoms. The molecule has 0 spiro atoms. The SMILES string of the molecule is CC1CCC(C)N(c2nc(CNC(C)(C)C)co2)C1. The van der Waals surface area contributed by atoms with Gasteiger partial charge >= 0.3 is 0 Å². The number of hydrogen-bond acceptors (Lipinski definition) is 4. The Morgan fingerprint density at radius 1 is 1.37 bits per heavy atom. The van der Waals surface area contributed by atoms with Gasteiger partial charge in [0.1, 0.15) is 6.26 Å². The highest BCUT2D eigenvalue weighted by molar-refractivity contribution is 5.30. The van der Waals surface area contributed by atoms with Crippen molar-refractivity contribution in [1.82, 2.24) is 10.3 Å². The molecule has 1 saturated heterocycles. The standard InChI is InChI=1S/C15H27N3O/c1-11-6-7-12(2)18(9-11)14-17-13(10-19-14)8-16-15(3,4)5/h10-12,16H,6-9H2,1-5H3. The van der Waals surface area contributed by atoms with Crippen molar-refractivity contribution in [2.24, 2.45) is 5.92 Å². The lowest BCUT2D eigenvalue weighted by molar-refractivity contribution is 0.365. The van der Waals surface area contributed by atoms with Crippen LogP contribution in [0.5, 0.6) is 0 Å². The summed E-state index contributed by atoms with van der Waals surface area (Å²) in [6.07, 6.45) is 4.30. The fourth-order valence-corrected chi connectivity index (χ4v) is 2.42. The van der Waals surface area contributed by atoms with E-state index in [1.807, 2.05) is 0 Å². The van der Waals surface area contributed by atoms with Crippen molar-refractivity contribution < 1.29 is 4.42 Å². The lowest BCUT2D eigenvalue weighted by atomic mass is 9.95. The molecular weight excluding hydrogens is 238 g/mol. The number of piperidine rings is 1. The van der Waals surface area contributed by atoms with Gasteiger partial charge in [-0.2, -0.15) is 4.98 Å². The van der Waals surface area contributed by atoms with Crippen LogP contribution in [0.2, 0.25) is 0 Å². The van der Waals surface area contributed by atoms with Crippen LogP contribution in [-0.2, 0) is 6.54 Å². The van der Waals surface area contributed by atoms with Gasteiger partial charge in [-0.25, -0.2) is 0 Å². The summed E-state index contributed by atoms with van der Waals surface area (Å²) in [5.41, 5.74) is 1.09. The van der Waals surface area contributed by atoms with E-state index in [0.29, 0.717) is 6.04 Å². The summed E-state index contributed by atoms with van der Waals surface area (Å²) >= 11 is 0. The van der Waals surface area contributed by atoms with E-state index >= 15 is 0 Å². The number of aromatic nitrogens is 1. The zero-order valence-corrected chi connectivity index (χ0v) is 12.9. The molecule has 1 aromatic rings. The molecule has 1 aliphatic heterocycles. The normalized spacial score (nSPS) is 24.8. The molecule has 4 nitrogen and oxygen atoms in total. The molecule has 108 valence electrons. The van der Waals surface area contributed by atoms with Gasteiger partial charge in [-0.15, -0.1) is 0 Å². The highest BCUT2D eigenvalue weighted by atomic mass is 16.4. The highest BCUT2D eigenvalue weighted by Crippen LogP contribution is 2.26. The first-order valence-corrected chi connectivity index (χ1v) is 7.31. The zero-order chi connectivity index (χ0) is 14.0. The van der Waals surface area contributed by atoms with Crippen LogP contribution in [0, 0.1) is 5.92 Å². The first-order valence-electron chi connectivity index (χ1n) is 7.31.